The van der Waals surface area contributed by atoms with Crippen LogP contribution in [0.5, 0.6) is 0 Å². The van der Waals surface area contributed by atoms with Crippen molar-refractivity contribution in [2.75, 3.05) is 13.7 Å². The molecule has 4 nitrogen and oxygen atoms in total. The molecule has 0 bridgehead atoms. The van der Waals surface area contributed by atoms with Crippen LogP contribution in [0, 0.1) is 0 Å². The SMILES string of the molecule is COCC(C)c1nn(Cc2ccccc2Cl)cc1C=O. The van der Waals surface area contributed by atoms with E-state index in [-0.39, 0.29) is 5.92 Å². The lowest BCUT2D eigenvalue weighted by Gasteiger charge is -2.08. The van der Waals surface area contributed by atoms with Gasteiger partial charge in [0.15, 0.2) is 6.29 Å². The number of carbonyl (C=O) groups is 1. The number of nitrogens with zero attached hydrogens (tertiary/aromatic N) is 2. The van der Waals surface area contributed by atoms with Gasteiger partial charge in [0, 0.05) is 24.2 Å². The Morgan fingerprint density at radius 2 is 2.20 bits per heavy atom. The second-order valence-electron chi connectivity index (χ2n) is 4.73. The molecule has 1 unspecified atom stereocenters. The van der Waals surface area contributed by atoms with Crippen LogP contribution in [0.25, 0.3) is 0 Å². The zero-order valence-electron chi connectivity index (χ0n) is 11.5. The second-order valence-corrected chi connectivity index (χ2v) is 5.14. The predicted octanol–water partition coefficient (Wildman–Crippen LogP) is 3.15. The summed E-state index contributed by atoms with van der Waals surface area (Å²) >= 11 is 6.14. The van der Waals surface area contributed by atoms with Gasteiger partial charge in [-0.05, 0) is 11.6 Å². The number of methoxy groups -OCH3 is 1. The third kappa shape index (κ3) is 3.26. The first-order valence-corrected chi connectivity index (χ1v) is 6.78. The quantitative estimate of drug-likeness (QED) is 0.768. The number of aromatic nitrogens is 2. The largest absolute Gasteiger partial charge is 0.384 e. The predicted molar refractivity (Wildman–Crippen MR) is 78.5 cm³/mol. The Bertz CT molecular complexity index is 595. The first kappa shape index (κ1) is 14.8. The maximum absolute atomic E-state index is 11.1. The molecule has 0 saturated carbocycles. The fraction of sp³-hybridized carbons (Fsp3) is 0.333. The fourth-order valence-electron chi connectivity index (χ4n) is 2.14. The number of hydrogen-bond donors (Lipinski definition) is 0. The van der Waals surface area contributed by atoms with Gasteiger partial charge in [0.25, 0.3) is 0 Å². The van der Waals surface area contributed by atoms with E-state index in [1.54, 1.807) is 18.0 Å². The summed E-state index contributed by atoms with van der Waals surface area (Å²) in [4.78, 5) is 11.1. The van der Waals surface area contributed by atoms with Crippen LogP contribution in [-0.4, -0.2) is 29.8 Å². The molecule has 1 aromatic carbocycles. The molecule has 0 aliphatic heterocycles. The third-order valence-electron chi connectivity index (χ3n) is 3.12. The lowest BCUT2D eigenvalue weighted by Crippen LogP contribution is -2.07. The van der Waals surface area contributed by atoms with Crippen LogP contribution in [0.3, 0.4) is 0 Å². The minimum absolute atomic E-state index is 0.0766. The van der Waals surface area contributed by atoms with Crippen molar-refractivity contribution in [2.45, 2.75) is 19.4 Å². The summed E-state index contributed by atoms with van der Waals surface area (Å²) in [6.07, 6.45) is 2.58. The first-order valence-electron chi connectivity index (χ1n) is 6.40. The van der Waals surface area contributed by atoms with Gasteiger partial charge in [0.1, 0.15) is 0 Å². The van der Waals surface area contributed by atoms with Gasteiger partial charge in [0.05, 0.1) is 24.4 Å². The van der Waals surface area contributed by atoms with E-state index < -0.39 is 0 Å². The number of rotatable bonds is 6. The molecule has 0 spiro atoms. The zero-order valence-corrected chi connectivity index (χ0v) is 12.3. The Labute approximate surface area is 123 Å². The molecule has 106 valence electrons. The van der Waals surface area contributed by atoms with Crippen LogP contribution in [0.2, 0.25) is 5.02 Å². The van der Waals surface area contributed by atoms with Crippen molar-refractivity contribution in [2.24, 2.45) is 0 Å². The molecule has 0 saturated heterocycles. The number of hydrogen-bond acceptors (Lipinski definition) is 3. The van der Waals surface area contributed by atoms with E-state index in [0.717, 1.165) is 17.5 Å². The number of benzene rings is 1. The van der Waals surface area contributed by atoms with E-state index in [0.29, 0.717) is 23.7 Å². The van der Waals surface area contributed by atoms with Gasteiger partial charge >= 0.3 is 0 Å². The number of carbonyl (C=O) groups excluding carboxylic acids is 1. The maximum atomic E-state index is 11.1. The molecule has 2 aromatic rings. The molecule has 0 amide bonds. The molecule has 0 fully saturated rings. The van der Waals surface area contributed by atoms with Gasteiger partial charge in [-0.25, -0.2) is 0 Å². The standard InChI is InChI=1S/C15H17ClN2O2/c1-11(10-20-2)15-13(9-19)8-18(17-15)7-12-5-3-4-6-14(12)16/h3-6,8-9,11H,7,10H2,1-2H3. The highest BCUT2D eigenvalue weighted by Crippen LogP contribution is 2.20. The summed E-state index contributed by atoms with van der Waals surface area (Å²) in [5.41, 5.74) is 2.33. The normalized spacial score (nSPS) is 12.3. The van der Waals surface area contributed by atoms with Gasteiger partial charge in [-0.1, -0.05) is 36.7 Å². The molecule has 20 heavy (non-hydrogen) atoms. The fourth-order valence-corrected chi connectivity index (χ4v) is 2.33. The molecule has 2 rings (SSSR count). The number of ether oxygens (including phenoxy) is 1. The van der Waals surface area contributed by atoms with E-state index in [1.807, 2.05) is 31.2 Å². The second kappa shape index (κ2) is 6.68. The van der Waals surface area contributed by atoms with E-state index in [9.17, 15) is 4.79 Å². The Kier molecular flexibility index (Phi) is 4.93. The summed E-state index contributed by atoms with van der Waals surface area (Å²) < 4.78 is 6.86. The van der Waals surface area contributed by atoms with Crippen LogP contribution >= 0.6 is 11.6 Å². The lowest BCUT2D eigenvalue weighted by atomic mass is 10.1. The highest BCUT2D eigenvalue weighted by atomic mass is 35.5. The van der Waals surface area contributed by atoms with E-state index >= 15 is 0 Å². The van der Waals surface area contributed by atoms with Crippen molar-refractivity contribution < 1.29 is 9.53 Å². The number of aldehydes is 1. The van der Waals surface area contributed by atoms with Gasteiger partial charge < -0.3 is 4.74 Å². The highest BCUT2D eigenvalue weighted by Gasteiger charge is 2.15. The molecule has 0 N–H and O–H groups in total. The number of halogens is 1. The summed E-state index contributed by atoms with van der Waals surface area (Å²) in [7, 11) is 1.64. The summed E-state index contributed by atoms with van der Waals surface area (Å²) in [6.45, 7) is 3.06. The Balaban J connectivity index is 2.26. The van der Waals surface area contributed by atoms with E-state index in [1.165, 1.54) is 0 Å². The Morgan fingerprint density at radius 3 is 2.85 bits per heavy atom. The molecule has 5 heteroatoms. The molecular weight excluding hydrogens is 276 g/mol. The van der Waals surface area contributed by atoms with Crippen molar-refractivity contribution in [3.63, 3.8) is 0 Å². The summed E-state index contributed by atoms with van der Waals surface area (Å²) in [5, 5.41) is 5.18. The molecule has 0 radical (unpaired) electrons. The average Bonchev–Trinajstić information content (AvgIpc) is 2.85. The summed E-state index contributed by atoms with van der Waals surface area (Å²) in [6, 6.07) is 7.61. The van der Waals surface area contributed by atoms with Crippen molar-refractivity contribution in [1.29, 1.82) is 0 Å². The van der Waals surface area contributed by atoms with Crippen LogP contribution in [0.4, 0.5) is 0 Å². The Hall–Kier alpha value is -1.65. The molecule has 0 aliphatic rings. The molecule has 0 aliphatic carbocycles. The van der Waals surface area contributed by atoms with Gasteiger partial charge in [-0.15, -0.1) is 0 Å². The van der Waals surface area contributed by atoms with Crippen molar-refractivity contribution in [1.82, 2.24) is 9.78 Å². The van der Waals surface area contributed by atoms with E-state index in [4.69, 9.17) is 16.3 Å². The van der Waals surface area contributed by atoms with Gasteiger partial charge in [-0.2, -0.15) is 5.10 Å². The van der Waals surface area contributed by atoms with Crippen LogP contribution < -0.4 is 0 Å². The van der Waals surface area contributed by atoms with Crippen molar-refractivity contribution in [3.8, 4) is 0 Å². The third-order valence-corrected chi connectivity index (χ3v) is 3.49. The van der Waals surface area contributed by atoms with Crippen LogP contribution in [0.1, 0.15) is 34.5 Å². The zero-order chi connectivity index (χ0) is 14.5. The Morgan fingerprint density at radius 1 is 1.45 bits per heavy atom. The average molecular weight is 293 g/mol. The van der Waals surface area contributed by atoms with Crippen molar-refractivity contribution >= 4 is 17.9 Å². The van der Waals surface area contributed by atoms with Crippen LogP contribution in [0.15, 0.2) is 30.5 Å². The van der Waals surface area contributed by atoms with Crippen molar-refractivity contribution in [3.05, 3.63) is 52.3 Å². The smallest absolute Gasteiger partial charge is 0.153 e. The monoisotopic (exact) mass is 292 g/mol. The first-order chi connectivity index (χ1) is 9.65. The topological polar surface area (TPSA) is 44.1 Å². The minimum Gasteiger partial charge on any atom is -0.384 e. The summed E-state index contributed by atoms with van der Waals surface area (Å²) in [5.74, 6) is 0.0766. The molecule has 1 heterocycles. The minimum atomic E-state index is 0.0766. The lowest BCUT2D eigenvalue weighted by molar-refractivity contribution is 0.112. The molecule has 1 aromatic heterocycles. The molecular formula is C15H17ClN2O2. The molecule has 1 atom stereocenters. The maximum Gasteiger partial charge on any atom is 0.153 e. The van der Waals surface area contributed by atoms with Gasteiger partial charge in [-0.3, -0.25) is 9.48 Å². The van der Waals surface area contributed by atoms with E-state index in [2.05, 4.69) is 5.10 Å². The highest BCUT2D eigenvalue weighted by molar-refractivity contribution is 6.31. The van der Waals surface area contributed by atoms with Gasteiger partial charge in [0.2, 0.25) is 0 Å². The van der Waals surface area contributed by atoms with Crippen LogP contribution in [-0.2, 0) is 11.3 Å².